The maximum Gasteiger partial charge on any atom is 0.0311 e. The summed E-state index contributed by atoms with van der Waals surface area (Å²) in [5.41, 5.74) is 6.30. The van der Waals surface area contributed by atoms with E-state index in [1.54, 1.807) is 0 Å². The molecule has 3 N–H and O–H groups in total. The molecule has 0 aromatic carbocycles. The standard InChI is InChI=1S/C15H32N2/c1-12(2)9-15(11-16,10-13(3)4)17-14-7-5-6-8-14/h12-14,17H,5-11,16H2,1-4H3. The van der Waals surface area contributed by atoms with Gasteiger partial charge in [-0.25, -0.2) is 0 Å². The predicted octanol–water partition coefficient (Wildman–Crippen LogP) is 3.31. The lowest BCUT2D eigenvalue weighted by Gasteiger charge is -2.39. The van der Waals surface area contributed by atoms with Gasteiger partial charge >= 0.3 is 0 Å². The number of rotatable bonds is 7. The second kappa shape index (κ2) is 6.75. The lowest BCUT2D eigenvalue weighted by Crippen LogP contribution is -2.56. The van der Waals surface area contributed by atoms with E-state index in [1.165, 1.54) is 38.5 Å². The van der Waals surface area contributed by atoms with E-state index in [9.17, 15) is 0 Å². The highest BCUT2D eigenvalue weighted by atomic mass is 15.0. The van der Waals surface area contributed by atoms with Crippen LogP contribution in [0.1, 0.15) is 66.2 Å². The largest absolute Gasteiger partial charge is 0.329 e. The topological polar surface area (TPSA) is 38.0 Å². The fourth-order valence-corrected chi connectivity index (χ4v) is 3.49. The van der Waals surface area contributed by atoms with Crippen molar-refractivity contribution in [2.45, 2.75) is 77.8 Å². The van der Waals surface area contributed by atoms with Crippen molar-refractivity contribution in [1.82, 2.24) is 5.32 Å². The van der Waals surface area contributed by atoms with Crippen LogP contribution in [0, 0.1) is 11.8 Å². The second-order valence-electron chi connectivity index (χ2n) is 6.81. The Bertz CT molecular complexity index is 195. The Hall–Kier alpha value is -0.0800. The van der Waals surface area contributed by atoms with Crippen LogP contribution in [0.5, 0.6) is 0 Å². The fourth-order valence-electron chi connectivity index (χ4n) is 3.49. The molecule has 0 aromatic rings. The molecule has 0 unspecified atom stereocenters. The molecule has 0 radical (unpaired) electrons. The molecule has 0 heterocycles. The fraction of sp³-hybridized carbons (Fsp3) is 1.00. The highest BCUT2D eigenvalue weighted by Crippen LogP contribution is 2.28. The molecule has 0 aromatic heterocycles. The number of hydrogen-bond acceptors (Lipinski definition) is 2. The van der Waals surface area contributed by atoms with Crippen LogP contribution >= 0.6 is 0 Å². The summed E-state index contributed by atoms with van der Waals surface area (Å²) in [6.45, 7) is 10.0. The van der Waals surface area contributed by atoms with Gasteiger partial charge in [-0.1, -0.05) is 40.5 Å². The molecule has 2 nitrogen and oxygen atoms in total. The summed E-state index contributed by atoms with van der Waals surface area (Å²) >= 11 is 0. The van der Waals surface area contributed by atoms with E-state index in [-0.39, 0.29) is 5.54 Å². The van der Waals surface area contributed by atoms with Crippen molar-refractivity contribution in [1.29, 1.82) is 0 Å². The summed E-state index contributed by atoms with van der Waals surface area (Å²) in [7, 11) is 0. The SMILES string of the molecule is CC(C)CC(CN)(CC(C)C)NC1CCCC1. The summed E-state index contributed by atoms with van der Waals surface area (Å²) < 4.78 is 0. The van der Waals surface area contributed by atoms with Gasteiger partial charge in [0.05, 0.1) is 0 Å². The molecule has 0 saturated heterocycles. The van der Waals surface area contributed by atoms with Gasteiger partial charge in [0.1, 0.15) is 0 Å². The van der Waals surface area contributed by atoms with Gasteiger partial charge < -0.3 is 11.1 Å². The molecular formula is C15H32N2. The third-order valence-electron chi connectivity index (χ3n) is 3.85. The Morgan fingerprint density at radius 1 is 1.06 bits per heavy atom. The summed E-state index contributed by atoms with van der Waals surface area (Å²) in [6.07, 6.45) is 7.88. The Kier molecular flexibility index (Phi) is 5.94. The lowest BCUT2D eigenvalue weighted by molar-refractivity contribution is 0.206. The third kappa shape index (κ3) is 4.97. The summed E-state index contributed by atoms with van der Waals surface area (Å²) in [5, 5.41) is 3.92. The van der Waals surface area contributed by atoms with Crippen molar-refractivity contribution in [3.63, 3.8) is 0 Å². The van der Waals surface area contributed by atoms with Crippen molar-refractivity contribution >= 4 is 0 Å². The Morgan fingerprint density at radius 3 is 1.88 bits per heavy atom. The lowest BCUT2D eigenvalue weighted by atomic mass is 9.81. The minimum Gasteiger partial charge on any atom is -0.329 e. The van der Waals surface area contributed by atoms with Crippen LogP contribution in [0.3, 0.4) is 0 Å². The molecule has 1 aliphatic carbocycles. The van der Waals surface area contributed by atoms with Crippen molar-refractivity contribution in [3.05, 3.63) is 0 Å². The molecule has 0 amide bonds. The number of nitrogens with one attached hydrogen (secondary N) is 1. The first-order valence-electron chi connectivity index (χ1n) is 7.45. The smallest absolute Gasteiger partial charge is 0.0311 e. The van der Waals surface area contributed by atoms with E-state index in [0.717, 1.165) is 12.6 Å². The second-order valence-corrected chi connectivity index (χ2v) is 6.81. The van der Waals surface area contributed by atoms with Crippen molar-refractivity contribution in [3.8, 4) is 0 Å². The van der Waals surface area contributed by atoms with Crippen LogP contribution in [-0.4, -0.2) is 18.1 Å². The van der Waals surface area contributed by atoms with Gasteiger partial charge in [-0.3, -0.25) is 0 Å². The van der Waals surface area contributed by atoms with E-state index < -0.39 is 0 Å². The zero-order valence-corrected chi connectivity index (χ0v) is 12.3. The Labute approximate surface area is 108 Å². The van der Waals surface area contributed by atoms with Gasteiger partial charge in [0, 0.05) is 18.1 Å². The Morgan fingerprint density at radius 2 is 1.53 bits per heavy atom. The Balaban J connectivity index is 2.65. The van der Waals surface area contributed by atoms with Crippen LogP contribution in [0.2, 0.25) is 0 Å². The molecular weight excluding hydrogens is 208 g/mol. The van der Waals surface area contributed by atoms with E-state index in [4.69, 9.17) is 5.73 Å². The summed E-state index contributed by atoms with van der Waals surface area (Å²) in [6, 6.07) is 0.719. The van der Waals surface area contributed by atoms with Crippen LogP contribution in [0.15, 0.2) is 0 Å². The maximum absolute atomic E-state index is 6.12. The van der Waals surface area contributed by atoms with Crippen LogP contribution in [0.4, 0.5) is 0 Å². The van der Waals surface area contributed by atoms with Gasteiger partial charge in [-0.05, 0) is 37.5 Å². The van der Waals surface area contributed by atoms with Gasteiger partial charge in [0.2, 0.25) is 0 Å². The zero-order chi connectivity index (χ0) is 12.9. The average Bonchev–Trinajstić information content (AvgIpc) is 2.68. The van der Waals surface area contributed by atoms with Gasteiger partial charge in [-0.2, -0.15) is 0 Å². The van der Waals surface area contributed by atoms with E-state index in [1.807, 2.05) is 0 Å². The predicted molar refractivity (Wildman–Crippen MR) is 76.1 cm³/mol. The van der Waals surface area contributed by atoms with Gasteiger partial charge in [0.15, 0.2) is 0 Å². The quantitative estimate of drug-likeness (QED) is 0.716. The van der Waals surface area contributed by atoms with Gasteiger partial charge in [-0.15, -0.1) is 0 Å². The third-order valence-corrected chi connectivity index (χ3v) is 3.85. The molecule has 1 saturated carbocycles. The molecule has 2 heteroatoms. The summed E-state index contributed by atoms with van der Waals surface area (Å²) in [4.78, 5) is 0. The molecule has 17 heavy (non-hydrogen) atoms. The monoisotopic (exact) mass is 240 g/mol. The first-order chi connectivity index (χ1) is 7.97. The maximum atomic E-state index is 6.12. The van der Waals surface area contributed by atoms with Crippen molar-refractivity contribution < 1.29 is 0 Å². The first kappa shape index (κ1) is 15.0. The molecule has 1 fully saturated rings. The van der Waals surface area contributed by atoms with E-state index in [0.29, 0.717) is 11.8 Å². The number of hydrogen-bond donors (Lipinski definition) is 2. The van der Waals surface area contributed by atoms with Crippen LogP contribution < -0.4 is 11.1 Å². The molecule has 0 atom stereocenters. The normalized spacial score (nSPS) is 18.5. The van der Waals surface area contributed by atoms with Crippen molar-refractivity contribution in [2.24, 2.45) is 17.6 Å². The first-order valence-corrected chi connectivity index (χ1v) is 7.45. The van der Waals surface area contributed by atoms with Gasteiger partial charge in [0.25, 0.3) is 0 Å². The minimum atomic E-state index is 0.178. The zero-order valence-electron chi connectivity index (χ0n) is 12.3. The van der Waals surface area contributed by atoms with Crippen molar-refractivity contribution in [2.75, 3.05) is 6.54 Å². The average molecular weight is 240 g/mol. The highest BCUT2D eigenvalue weighted by molar-refractivity contribution is 4.94. The molecule has 1 aliphatic rings. The minimum absolute atomic E-state index is 0.178. The molecule has 0 aliphatic heterocycles. The number of nitrogens with two attached hydrogens (primary N) is 1. The highest BCUT2D eigenvalue weighted by Gasteiger charge is 2.33. The van der Waals surface area contributed by atoms with Crippen LogP contribution in [-0.2, 0) is 0 Å². The van der Waals surface area contributed by atoms with Crippen LogP contribution in [0.25, 0.3) is 0 Å². The molecule has 102 valence electrons. The molecule has 0 bridgehead atoms. The molecule has 0 spiro atoms. The molecule has 1 rings (SSSR count). The van der Waals surface area contributed by atoms with E-state index in [2.05, 4.69) is 33.0 Å². The van der Waals surface area contributed by atoms with E-state index >= 15 is 0 Å². The summed E-state index contributed by atoms with van der Waals surface area (Å²) in [5.74, 6) is 1.43.